The zero-order chi connectivity index (χ0) is 50.7. The van der Waals surface area contributed by atoms with Crippen LogP contribution in [0.1, 0.15) is 36.0 Å². The highest BCUT2D eigenvalue weighted by molar-refractivity contribution is 5.98. The number of hydrogen-bond acceptors (Lipinski definition) is 12. The summed E-state index contributed by atoms with van der Waals surface area (Å²) < 4.78 is 5.72. The van der Waals surface area contributed by atoms with Crippen LogP contribution in [0.15, 0.2) is 109 Å². The van der Waals surface area contributed by atoms with Crippen molar-refractivity contribution in [2.75, 3.05) is 18.5 Å². The molecule has 0 aliphatic carbocycles. The van der Waals surface area contributed by atoms with E-state index in [1.54, 1.807) is 85.1 Å². The van der Waals surface area contributed by atoms with Gasteiger partial charge in [0, 0.05) is 36.4 Å². The van der Waals surface area contributed by atoms with Crippen LogP contribution in [0.3, 0.4) is 0 Å². The number of para-hydroxylation sites is 3. The molecular weight excluding hydrogens is 911 g/mol. The Bertz CT molecular complexity index is 2680. The number of hydrogen-bond donors (Lipinski definition) is 12. The number of aromatic amines is 1. The van der Waals surface area contributed by atoms with Crippen LogP contribution >= 0.6 is 0 Å². The molecule has 5 aromatic rings. The van der Waals surface area contributed by atoms with Crippen molar-refractivity contribution in [2.24, 2.45) is 11.5 Å². The Morgan fingerprint density at radius 2 is 1.21 bits per heavy atom. The molecule has 0 unspecified atom stereocenters. The predicted molar refractivity (Wildman–Crippen MR) is 252 cm³/mol. The number of aromatic nitrogens is 1. The summed E-state index contributed by atoms with van der Waals surface area (Å²) in [5, 5.41) is 43.8. The van der Waals surface area contributed by atoms with Gasteiger partial charge in [-0.2, -0.15) is 0 Å². The van der Waals surface area contributed by atoms with E-state index >= 15 is 0 Å². The largest absolute Gasteiger partial charge is 0.508 e. The van der Waals surface area contributed by atoms with Gasteiger partial charge in [0.05, 0.1) is 18.2 Å². The normalized spacial score (nSPS) is 13.0. The molecule has 0 aliphatic rings. The van der Waals surface area contributed by atoms with Crippen molar-refractivity contribution in [3.63, 3.8) is 0 Å². The van der Waals surface area contributed by atoms with Gasteiger partial charge in [-0.15, -0.1) is 0 Å². The number of H-pyrrole nitrogens is 1. The summed E-state index contributed by atoms with van der Waals surface area (Å²) in [7, 11) is 0. The number of carboxylic acids is 2. The first-order chi connectivity index (χ1) is 33.4. The fourth-order valence-corrected chi connectivity index (χ4v) is 7.11. The van der Waals surface area contributed by atoms with E-state index in [4.69, 9.17) is 21.3 Å². The van der Waals surface area contributed by atoms with Gasteiger partial charge < -0.3 is 68.4 Å². The number of rotatable bonds is 26. The molecular formula is C48H53N9O13. The minimum Gasteiger partial charge on any atom is -0.508 e. The number of amides is 7. The summed E-state index contributed by atoms with van der Waals surface area (Å²) >= 11 is 0. The van der Waals surface area contributed by atoms with E-state index in [0.29, 0.717) is 27.6 Å². The quantitative estimate of drug-likeness (QED) is 0.0351. The number of fused-ring (bicyclic) bond motifs is 1. The lowest BCUT2D eigenvalue weighted by Gasteiger charge is -2.26. The molecule has 0 bridgehead atoms. The zero-order valence-corrected chi connectivity index (χ0v) is 37.5. The van der Waals surface area contributed by atoms with Gasteiger partial charge in [-0.3, -0.25) is 43.2 Å². The number of phenolic OH excluding ortho intramolecular Hbond substituents is 1. The molecule has 5 rings (SSSR count). The Balaban J connectivity index is 1.33. The zero-order valence-electron chi connectivity index (χ0n) is 37.5. The van der Waals surface area contributed by atoms with Gasteiger partial charge in [0.25, 0.3) is 5.91 Å². The lowest BCUT2D eigenvalue weighted by molar-refractivity contribution is -0.142. The third-order valence-electron chi connectivity index (χ3n) is 10.6. The van der Waals surface area contributed by atoms with Crippen LogP contribution in [-0.4, -0.2) is 117 Å². The van der Waals surface area contributed by atoms with Crippen LogP contribution in [-0.2, 0) is 62.4 Å². The maximum atomic E-state index is 14.3. The van der Waals surface area contributed by atoms with E-state index in [1.165, 1.54) is 24.3 Å². The Kier molecular flexibility index (Phi) is 18.9. The number of carboxylic acid groups (broad SMARTS) is 2. The molecule has 0 radical (unpaired) electrons. The standard InChI is InChI=1S/C48H53N9O13/c49-32(20-28-14-16-30(58)17-15-28)44(65)54-34-12-6-7-13-39(34)70-26-41(60)53-35(18-19-40(50)59)46(67)56-37(22-29-24-51-33-11-5-4-10-31(29)33)47(68)57-38(23-42(61)62)48(69)55-36(45(66)52-25-43(63)64)21-27-8-2-1-3-9-27/h1-17,24,32,35-38,51,58H,18-23,25-26,49H2,(H2,50,59)(H,52,66)(H,53,60)(H,54,65)(H,55,69)(H,56,67)(H,57,68)(H,61,62)(H,63,64)/t32-,35-,36-,37-,38-/m0/s1. The number of carbonyl (C=O) groups excluding carboxylic acids is 7. The molecule has 7 amide bonds. The average molecular weight is 964 g/mol. The number of anilines is 1. The van der Waals surface area contributed by atoms with Gasteiger partial charge in [-0.05, 0) is 59.9 Å². The SMILES string of the molecule is NC(=O)CC[C@H](NC(=O)COc1ccccc1NC(=O)[C@@H](N)Cc1ccc(O)cc1)C(=O)N[C@@H](Cc1c[nH]c2ccccc12)C(=O)N[C@@H](CC(=O)O)C(=O)N[C@@H](Cc1ccccc1)C(=O)NCC(=O)O. The molecule has 368 valence electrons. The van der Waals surface area contributed by atoms with Crippen molar-refractivity contribution in [2.45, 2.75) is 68.7 Å². The van der Waals surface area contributed by atoms with Gasteiger partial charge >= 0.3 is 11.9 Å². The number of nitrogens with one attached hydrogen (secondary N) is 7. The number of carbonyl (C=O) groups is 9. The van der Waals surface area contributed by atoms with Gasteiger partial charge in [-0.25, -0.2) is 0 Å². The fraction of sp³-hybridized carbons (Fsp3) is 0.271. The van der Waals surface area contributed by atoms with Crippen molar-refractivity contribution in [3.05, 3.63) is 126 Å². The summed E-state index contributed by atoms with van der Waals surface area (Å²) in [6.45, 7) is -1.50. The van der Waals surface area contributed by atoms with Crippen molar-refractivity contribution in [3.8, 4) is 11.5 Å². The van der Waals surface area contributed by atoms with Gasteiger partial charge in [0.15, 0.2) is 6.61 Å². The number of phenols is 1. The Morgan fingerprint density at radius 1 is 0.614 bits per heavy atom. The minimum atomic E-state index is -1.84. The second-order valence-corrected chi connectivity index (χ2v) is 16.0. The van der Waals surface area contributed by atoms with Crippen LogP contribution < -0.4 is 48.1 Å². The molecule has 4 aromatic carbocycles. The van der Waals surface area contributed by atoms with Crippen LogP contribution in [0.4, 0.5) is 5.69 Å². The summed E-state index contributed by atoms with van der Waals surface area (Å²) in [6, 6.07) is 20.3. The maximum Gasteiger partial charge on any atom is 0.322 e. The lowest BCUT2D eigenvalue weighted by Crippen LogP contribution is -2.59. The fourth-order valence-electron chi connectivity index (χ4n) is 7.11. The predicted octanol–water partition coefficient (Wildman–Crippen LogP) is 0.126. The van der Waals surface area contributed by atoms with Crippen LogP contribution in [0.2, 0.25) is 0 Å². The topological polar surface area (TPSA) is 364 Å². The smallest absolute Gasteiger partial charge is 0.322 e. The van der Waals surface area contributed by atoms with Crippen LogP contribution in [0, 0.1) is 0 Å². The second-order valence-electron chi connectivity index (χ2n) is 16.0. The molecule has 0 fully saturated rings. The molecule has 5 atom stereocenters. The molecule has 0 saturated heterocycles. The second kappa shape index (κ2) is 25.4. The third kappa shape index (κ3) is 16.2. The molecule has 0 aliphatic heterocycles. The highest BCUT2D eigenvalue weighted by Gasteiger charge is 2.33. The first-order valence-electron chi connectivity index (χ1n) is 21.8. The first kappa shape index (κ1) is 52.2. The van der Waals surface area contributed by atoms with Crippen molar-refractivity contribution < 1.29 is 63.2 Å². The molecule has 22 nitrogen and oxygen atoms in total. The molecule has 70 heavy (non-hydrogen) atoms. The van der Waals surface area contributed by atoms with Crippen molar-refractivity contribution in [1.82, 2.24) is 31.6 Å². The van der Waals surface area contributed by atoms with E-state index < -0.39 is 109 Å². The molecule has 0 saturated carbocycles. The van der Waals surface area contributed by atoms with Gasteiger partial charge in [0.1, 0.15) is 42.2 Å². The first-order valence-corrected chi connectivity index (χ1v) is 21.8. The summed E-state index contributed by atoms with van der Waals surface area (Å²) in [5.41, 5.74) is 14.1. The summed E-state index contributed by atoms with van der Waals surface area (Å²) in [6.07, 6.45) is -0.415. The molecule has 0 spiro atoms. The van der Waals surface area contributed by atoms with Crippen molar-refractivity contribution in [1.29, 1.82) is 0 Å². The average Bonchev–Trinajstić information content (AvgIpc) is 3.74. The monoisotopic (exact) mass is 963 g/mol. The highest BCUT2D eigenvalue weighted by atomic mass is 16.5. The summed E-state index contributed by atoms with van der Waals surface area (Å²) in [4.78, 5) is 120. The minimum absolute atomic E-state index is 0.0501. The van der Waals surface area contributed by atoms with E-state index in [-0.39, 0.29) is 42.9 Å². The lowest BCUT2D eigenvalue weighted by atomic mass is 10.0. The Labute approximate surface area is 399 Å². The van der Waals surface area contributed by atoms with E-state index in [2.05, 4.69) is 36.9 Å². The van der Waals surface area contributed by atoms with Gasteiger partial charge in [-0.1, -0.05) is 72.8 Å². The van der Waals surface area contributed by atoms with Gasteiger partial charge in [0.2, 0.25) is 35.4 Å². The molecule has 14 N–H and O–H groups in total. The Hall–Kier alpha value is -8.79. The summed E-state index contributed by atoms with van der Waals surface area (Å²) in [5.74, 6) is -9.12. The highest BCUT2D eigenvalue weighted by Crippen LogP contribution is 2.24. The number of nitrogens with two attached hydrogens (primary N) is 2. The third-order valence-corrected chi connectivity index (χ3v) is 10.6. The van der Waals surface area contributed by atoms with E-state index in [9.17, 15) is 53.4 Å². The number of ether oxygens (including phenoxy) is 1. The molecule has 1 aromatic heterocycles. The number of aliphatic carboxylic acids is 2. The number of aromatic hydroxyl groups is 1. The number of primary amides is 1. The Morgan fingerprint density at radius 3 is 1.90 bits per heavy atom. The maximum absolute atomic E-state index is 14.3. The van der Waals surface area contributed by atoms with E-state index in [1.807, 2.05) is 0 Å². The van der Waals surface area contributed by atoms with Crippen LogP contribution in [0.5, 0.6) is 11.5 Å². The molecule has 1 heterocycles. The van der Waals surface area contributed by atoms with Crippen molar-refractivity contribution >= 4 is 69.9 Å². The van der Waals surface area contributed by atoms with E-state index in [0.717, 1.165) is 0 Å². The number of benzene rings is 4. The molecule has 22 heteroatoms. The van der Waals surface area contributed by atoms with Crippen LogP contribution in [0.25, 0.3) is 10.9 Å².